The first-order valence-corrected chi connectivity index (χ1v) is 12.2. The van der Waals surface area contributed by atoms with Gasteiger partial charge in [0.1, 0.15) is 28.6 Å². The molecule has 0 spiro atoms. The second-order valence-corrected chi connectivity index (χ2v) is 10.8. The van der Waals surface area contributed by atoms with E-state index in [9.17, 15) is 20.1 Å². The molecule has 4 rings (SSSR count). The molecule has 2 heterocycles. The number of anilines is 2. The lowest BCUT2D eigenvalue weighted by molar-refractivity contribution is -0.123. The number of hydrogen-bond acceptors (Lipinski definition) is 6. The van der Waals surface area contributed by atoms with E-state index in [0.717, 1.165) is 59.4 Å². The molecule has 2 atom stereocenters. The lowest BCUT2D eigenvalue weighted by Gasteiger charge is -2.17. The molecule has 0 saturated heterocycles. The quantitative estimate of drug-likeness (QED) is 0.652. The van der Waals surface area contributed by atoms with E-state index in [4.69, 9.17) is 0 Å². The Morgan fingerprint density at radius 1 is 0.871 bits per heavy atom. The molecule has 2 aromatic heterocycles. The van der Waals surface area contributed by atoms with E-state index in [-0.39, 0.29) is 6.42 Å². The summed E-state index contributed by atoms with van der Waals surface area (Å²) in [5.41, 5.74) is 3.16. The molecule has 0 fully saturated rings. The predicted molar refractivity (Wildman–Crippen MR) is 122 cm³/mol. The Labute approximate surface area is 189 Å². The lowest BCUT2D eigenvalue weighted by Crippen LogP contribution is -2.21. The highest BCUT2D eigenvalue weighted by Crippen LogP contribution is 2.40. The first-order chi connectivity index (χ1) is 14.9. The van der Waals surface area contributed by atoms with Gasteiger partial charge in [0.2, 0.25) is 11.8 Å². The first-order valence-electron chi connectivity index (χ1n) is 10.6. The molecular formula is C23H24N4O2S2. The van der Waals surface area contributed by atoms with E-state index in [1.165, 1.54) is 22.7 Å². The van der Waals surface area contributed by atoms with Gasteiger partial charge in [-0.15, -0.1) is 22.7 Å². The number of carbonyl (C=O) groups is 2. The fraction of sp³-hybridized carbons (Fsp3) is 0.478. The van der Waals surface area contributed by atoms with Crippen LogP contribution in [0.25, 0.3) is 0 Å². The normalized spacial score (nSPS) is 19.5. The summed E-state index contributed by atoms with van der Waals surface area (Å²) in [4.78, 5) is 27.3. The Morgan fingerprint density at radius 3 is 1.68 bits per heavy atom. The molecule has 2 amide bonds. The van der Waals surface area contributed by atoms with Crippen LogP contribution in [0.4, 0.5) is 10.0 Å². The predicted octanol–water partition coefficient (Wildman–Crippen LogP) is 4.77. The minimum absolute atomic E-state index is 0.353. The van der Waals surface area contributed by atoms with Crippen molar-refractivity contribution in [2.75, 3.05) is 10.6 Å². The van der Waals surface area contributed by atoms with Gasteiger partial charge < -0.3 is 10.6 Å². The second kappa shape index (κ2) is 8.82. The van der Waals surface area contributed by atoms with Crippen molar-refractivity contribution in [3.63, 3.8) is 0 Å². The maximum Gasteiger partial charge on any atom is 0.234 e. The van der Waals surface area contributed by atoms with Crippen LogP contribution in [0.3, 0.4) is 0 Å². The molecule has 2 aliphatic carbocycles. The van der Waals surface area contributed by atoms with E-state index in [1.807, 2.05) is 0 Å². The van der Waals surface area contributed by atoms with Gasteiger partial charge in [0.25, 0.3) is 0 Å². The van der Waals surface area contributed by atoms with Gasteiger partial charge in [-0.1, -0.05) is 13.8 Å². The summed E-state index contributed by atoms with van der Waals surface area (Å²) in [5.74, 6) is 0.241. The Bertz CT molecular complexity index is 1040. The molecule has 0 unspecified atom stereocenters. The summed E-state index contributed by atoms with van der Waals surface area (Å²) in [6.07, 6.45) is 5.27. The van der Waals surface area contributed by atoms with Crippen LogP contribution < -0.4 is 10.6 Å². The maximum atomic E-state index is 12.5. The highest BCUT2D eigenvalue weighted by atomic mass is 32.1. The van der Waals surface area contributed by atoms with Gasteiger partial charge in [-0.25, -0.2) is 0 Å². The van der Waals surface area contributed by atoms with Crippen molar-refractivity contribution in [2.24, 2.45) is 11.8 Å². The van der Waals surface area contributed by atoms with Crippen molar-refractivity contribution in [2.45, 2.75) is 58.8 Å². The second-order valence-electron chi connectivity index (χ2n) is 8.61. The van der Waals surface area contributed by atoms with Crippen molar-refractivity contribution < 1.29 is 9.59 Å². The van der Waals surface area contributed by atoms with Crippen molar-refractivity contribution >= 4 is 44.5 Å². The highest BCUT2D eigenvalue weighted by Gasteiger charge is 2.27. The van der Waals surface area contributed by atoms with Crippen LogP contribution >= 0.6 is 22.7 Å². The third-order valence-corrected chi connectivity index (χ3v) is 8.41. The lowest BCUT2D eigenvalue weighted by atomic mass is 9.88. The van der Waals surface area contributed by atoms with Crippen molar-refractivity contribution in [1.29, 1.82) is 10.5 Å². The van der Waals surface area contributed by atoms with Crippen LogP contribution in [0, 0.1) is 34.5 Å². The number of rotatable bonds is 4. The number of hydrogen-bond donors (Lipinski definition) is 2. The van der Waals surface area contributed by atoms with Gasteiger partial charge in [0, 0.05) is 9.75 Å². The molecule has 160 valence electrons. The SMILES string of the molecule is C[C@H]1CCc2c(sc(NC(=O)CC(=O)Nc3sc4c(c3C#N)CC[C@H](C)C4)c2C#N)C1. The average Bonchev–Trinajstić information content (AvgIpc) is 3.22. The van der Waals surface area contributed by atoms with Gasteiger partial charge in [-0.3, -0.25) is 9.59 Å². The number of carbonyl (C=O) groups excluding carboxylic acids is 2. The van der Waals surface area contributed by atoms with Crippen molar-refractivity contribution in [3.8, 4) is 12.1 Å². The topological polar surface area (TPSA) is 106 Å². The molecule has 0 bridgehead atoms. The maximum absolute atomic E-state index is 12.5. The molecule has 31 heavy (non-hydrogen) atoms. The smallest absolute Gasteiger partial charge is 0.234 e. The zero-order valence-corrected chi connectivity index (χ0v) is 19.3. The Kier molecular flexibility index (Phi) is 6.13. The number of thiophene rings is 2. The van der Waals surface area contributed by atoms with Crippen LogP contribution in [0.5, 0.6) is 0 Å². The molecular weight excluding hydrogens is 428 g/mol. The molecule has 6 nitrogen and oxygen atoms in total. The van der Waals surface area contributed by atoms with Gasteiger partial charge >= 0.3 is 0 Å². The molecule has 2 aliphatic rings. The summed E-state index contributed by atoms with van der Waals surface area (Å²) in [7, 11) is 0. The zero-order valence-electron chi connectivity index (χ0n) is 17.6. The van der Waals surface area contributed by atoms with Crippen LogP contribution in [-0.2, 0) is 35.3 Å². The minimum Gasteiger partial charge on any atom is -0.316 e. The third kappa shape index (κ3) is 4.37. The Morgan fingerprint density at radius 2 is 1.29 bits per heavy atom. The number of nitrogens with one attached hydrogen (secondary N) is 2. The van der Waals surface area contributed by atoms with Gasteiger partial charge in [-0.05, 0) is 61.5 Å². The number of amides is 2. The molecule has 8 heteroatoms. The van der Waals surface area contributed by atoms with Crippen LogP contribution in [0.1, 0.15) is 65.1 Å². The molecule has 0 radical (unpaired) electrons. The summed E-state index contributed by atoms with van der Waals surface area (Å²) in [6, 6.07) is 4.45. The van der Waals surface area contributed by atoms with Crippen molar-refractivity contribution in [1.82, 2.24) is 0 Å². The minimum atomic E-state index is -0.450. The molecule has 0 aromatic carbocycles. The van der Waals surface area contributed by atoms with E-state index >= 15 is 0 Å². The van der Waals surface area contributed by atoms with Gasteiger partial charge in [-0.2, -0.15) is 10.5 Å². The summed E-state index contributed by atoms with van der Waals surface area (Å²) in [5, 5.41) is 25.8. The van der Waals surface area contributed by atoms with E-state index in [2.05, 4.69) is 36.6 Å². The fourth-order valence-electron chi connectivity index (χ4n) is 4.40. The number of fused-ring (bicyclic) bond motifs is 2. The first kappa shape index (κ1) is 21.5. The number of nitrogens with zero attached hydrogens (tertiary/aromatic N) is 2. The van der Waals surface area contributed by atoms with Crippen LogP contribution in [0.2, 0.25) is 0 Å². The standard InChI is InChI=1S/C23H24N4O2S2/c1-12-3-5-14-16(10-24)22(30-18(14)7-12)26-20(28)9-21(29)27-23-17(11-25)15-6-4-13(2)8-19(15)31-23/h12-13H,3-9H2,1-2H3,(H,26,28)(H,27,29)/t12-,13-/m0/s1. The largest absolute Gasteiger partial charge is 0.316 e. The fourth-order valence-corrected chi connectivity index (χ4v) is 7.16. The summed E-state index contributed by atoms with van der Waals surface area (Å²) < 4.78 is 0. The molecule has 2 aromatic rings. The van der Waals surface area contributed by atoms with E-state index < -0.39 is 11.8 Å². The summed E-state index contributed by atoms with van der Waals surface area (Å²) in [6.45, 7) is 4.38. The molecule has 0 saturated carbocycles. The van der Waals surface area contributed by atoms with Crippen LogP contribution in [-0.4, -0.2) is 11.8 Å². The molecule has 0 aliphatic heterocycles. The highest BCUT2D eigenvalue weighted by molar-refractivity contribution is 7.17. The summed E-state index contributed by atoms with van der Waals surface area (Å²) >= 11 is 2.89. The Balaban J connectivity index is 1.43. The van der Waals surface area contributed by atoms with Crippen molar-refractivity contribution in [3.05, 3.63) is 32.0 Å². The number of nitriles is 2. The Hall–Kier alpha value is -2.68. The van der Waals surface area contributed by atoms with Gasteiger partial charge in [0.05, 0.1) is 11.1 Å². The third-order valence-electron chi connectivity index (χ3n) is 6.07. The average molecular weight is 453 g/mol. The molecule has 2 N–H and O–H groups in total. The van der Waals surface area contributed by atoms with E-state index in [0.29, 0.717) is 33.0 Å². The van der Waals surface area contributed by atoms with Crippen LogP contribution in [0.15, 0.2) is 0 Å². The monoisotopic (exact) mass is 452 g/mol. The van der Waals surface area contributed by atoms with Gasteiger partial charge in [0.15, 0.2) is 0 Å². The van der Waals surface area contributed by atoms with E-state index in [1.54, 1.807) is 0 Å². The zero-order chi connectivity index (χ0) is 22.1.